The van der Waals surface area contributed by atoms with Crippen LogP contribution < -0.4 is 5.73 Å². The van der Waals surface area contributed by atoms with Crippen LogP contribution in [0.5, 0.6) is 0 Å². The second kappa shape index (κ2) is 3.84. The topological polar surface area (TPSA) is 64.9 Å². The molecule has 0 radical (unpaired) electrons. The summed E-state index contributed by atoms with van der Waals surface area (Å²) >= 11 is 0. The van der Waals surface area contributed by atoms with Crippen molar-refractivity contribution in [1.29, 1.82) is 0 Å². The van der Waals surface area contributed by atoms with Gasteiger partial charge in [-0.3, -0.25) is 0 Å². The van der Waals surface area contributed by atoms with Gasteiger partial charge in [0, 0.05) is 5.92 Å². The zero-order chi connectivity index (χ0) is 11.0. The van der Waals surface area contributed by atoms with E-state index in [1.807, 2.05) is 0 Å². The van der Waals surface area contributed by atoms with Crippen LogP contribution in [0, 0.1) is 0 Å². The van der Waals surface area contributed by atoms with Crippen molar-refractivity contribution in [3.05, 3.63) is 11.7 Å². The molecule has 88 valence electrons. The summed E-state index contributed by atoms with van der Waals surface area (Å²) in [6, 6.07) is 0. The van der Waals surface area contributed by atoms with Crippen LogP contribution in [-0.4, -0.2) is 10.1 Å². The summed E-state index contributed by atoms with van der Waals surface area (Å²) in [6.45, 7) is 0. The number of rotatable bonds is 2. The molecule has 0 bridgehead atoms. The fourth-order valence-corrected chi connectivity index (χ4v) is 2.66. The Labute approximate surface area is 95.6 Å². The maximum atomic E-state index is 6.37. The van der Waals surface area contributed by atoms with Crippen LogP contribution in [0.2, 0.25) is 0 Å². The summed E-state index contributed by atoms with van der Waals surface area (Å²) in [5.74, 6) is 2.07. The predicted octanol–water partition coefficient (Wildman–Crippen LogP) is 2.46. The van der Waals surface area contributed by atoms with Gasteiger partial charge in [-0.15, -0.1) is 0 Å². The Morgan fingerprint density at radius 2 is 1.88 bits per heavy atom. The third kappa shape index (κ3) is 1.65. The summed E-state index contributed by atoms with van der Waals surface area (Å²) in [5.41, 5.74) is 6.05. The van der Waals surface area contributed by atoms with Crippen LogP contribution in [-0.2, 0) is 5.54 Å². The Kier molecular flexibility index (Phi) is 2.46. The Morgan fingerprint density at radius 3 is 2.50 bits per heavy atom. The zero-order valence-electron chi connectivity index (χ0n) is 9.61. The van der Waals surface area contributed by atoms with Gasteiger partial charge < -0.3 is 10.3 Å². The highest BCUT2D eigenvalue weighted by Crippen LogP contribution is 2.38. The van der Waals surface area contributed by atoms with Crippen molar-refractivity contribution in [2.24, 2.45) is 5.73 Å². The number of aromatic nitrogens is 2. The van der Waals surface area contributed by atoms with Crippen molar-refractivity contribution in [2.45, 2.75) is 62.8 Å². The second-order valence-corrected chi connectivity index (χ2v) is 5.30. The number of hydrogen-bond donors (Lipinski definition) is 1. The lowest BCUT2D eigenvalue weighted by molar-refractivity contribution is 0.264. The fraction of sp³-hybridized carbons (Fsp3) is 0.833. The molecule has 4 heteroatoms. The molecule has 0 unspecified atom stereocenters. The molecule has 1 aromatic rings. The molecule has 2 fully saturated rings. The van der Waals surface area contributed by atoms with E-state index in [1.54, 1.807) is 0 Å². The highest BCUT2D eigenvalue weighted by atomic mass is 16.5. The van der Waals surface area contributed by atoms with E-state index in [0.29, 0.717) is 5.92 Å². The van der Waals surface area contributed by atoms with Gasteiger partial charge in [-0.05, 0) is 25.7 Å². The van der Waals surface area contributed by atoms with E-state index < -0.39 is 0 Å². The van der Waals surface area contributed by atoms with Gasteiger partial charge in [-0.25, -0.2) is 0 Å². The molecule has 2 aliphatic rings. The maximum Gasteiger partial charge on any atom is 0.229 e. The summed E-state index contributed by atoms with van der Waals surface area (Å²) in [6.07, 6.45) is 9.32. The normalized spacial score (nSPS) is 25.3. The minimum absolute atomic E-state index is 0.316. The number of nitrogens with zero attached hydrogens (tertiary/aromatic N) is 2. The average molecular weight is 221 g/mol. The molecule has 4 nitrogen and oxygen atoms in total. The van der Waals surface area contributed by atoms with E-state index in [0.717, 1.165) is 24.6 Å². The minimum atomic E-state index is -0.316. The van der Waals surface area contributed by atoms with Gasteiger partial charge >= 0.3 is 0 Å². The molecule has 2 N–H and O–H groups in total. The lowest BCUT2D eigenvalue weighted by atomic mass is 9.82. The van der Waals surface area contributed by atoms with Crippen molar-refractivity contribution >= 4 is 0 Å². The Hall–Kier alpha value is -0.900. The summed E-state index contributed by atoms with van der Waals surface area (Å²) in [4.78, 5) is 4.52. The molecule has 0 atom stereocenters. The molecule has 1 aromatic heterocycles. The average Bonchev–Trinajstić information content (AvgIpc) is 2.66. The Morgan fingerprint density at radius 1 is 1.12 bits per heavy atom. The van der Waals surface area contributed by atoms with Gasteiger partial charge in [-0.1, -0.05) is 30.8 Å². The quantitative estimate of drug-likeness (QED) is 0.833. The molecule has 3 rings (SSSR count). The fourth-order valence-electron chi connectivity index (χ4n) is 2.66. The third-order valence-corrected chi connectivity index (χ3v) is 4.09. The van der Waals surface area contributed by atoms with Gasteiger partial charge in [0.15, 0.2) is 5.82 Å². The van der Waals surface area contributed by atoms with E-state index >= 15 is 0 Å². The van der Waals surface area contributed by atoms with Crippen LogP contribution in [0.4, 0.5) is 0 Å². The molecule has 2 aliphatic carbocycles. The molecule has 16 heavy (non-hydrogen) atoms. The van der Waals surface area contributed by atoms with E-state index in [2.05, 4.69) is 10.1 Å². The second-order valence-electron chi connectivity index (χ2n) is 5.30. The van der Waals surface area contributed by atoms with E-state index in [-0.39, 0.29) is 5.54 Å². The zero-order valence-corrected chi connectivity index (χ0v) is 9.61. The largest absolute Gasteiger partial charge is 0.339 e. The van der Waals surface area contributed by atoms with Crippen molar-refractivity contribution < 1.29 is 4.52 Å². The van der Waals surface area contributed by atoms with Crippen LogP contribution in [0.15, 0.2) is 4.52 Å². The van der Waals surface area contributed by atoms with Crippen LogP contribution in [0.3, 0.4) is 0 Å². The molecular weight excluding hydrogens is 202 g/mol. The third-order valence-electron chi connectivity index (χ3n) is 4.09. The van der Waals surface area contributed by atoms with E-state index in [4.69, 9.17) is 10.3 Å². The number of nitrogens with two attached hydrogens (primary N) is 1. The van der Waals surface area contributed by atoms with Crippen molar-refractivity contribution in [1.82, 2.24) is 10.1 Å². The van der Waals surface area contributed by atoms with E-state index in [1.165, 1.54) is 38.5 Å². The standard InChI is InChI=1S/C12H19N3O/c13-12(7-2-1-3-8-12)11-14-10(16-15-11)9-5-4-6-9/h9H,1-8,13H2. The maximum absolute atomic E-state index is 6.37. The van der Waals surface area contributed by atoms with Gasteiger partial charge in [-0.2, -0.15) is 4.98 Å². The monoisotopic (exact) mass is 221 g/mol. The highest BCUT2D eigenvalue weighted by Gasteiger charge is 2.35. The van der Waals surface area contributed by atoms with Crippen LogP contribution >= 0.6 is 0 Å². The van der Waals surface area contributed by atoms with E-state index in [9.17, 15) is 0 Å². The molecule has 2 saturated carbocycles. The van der Waals surface area contributed by atoms with Crippen LogP contribution in [0.1, 0.15) is 69.0 Å². The van der Waals surface area contributed by atoms with Gasteiger partial charge in [0.05, 0.1) is 5.54 Å². The lowest BCUT2D eigenvalue weighted by Crippen LogP contribution is -2.39. The SMILES string of the molecule is NC1(c2noc(C3CCC3)n2)CCCCC1. The van der Waals surface area contributed by atoms with Gasteiger partial charge in [0.25, 0.3) is 0 Å². The van der Waals surface area contributed by atoms with Gasteiger partial charge in [0.2, 0.25) is 5.89 Å². The minimum Gasteiger partial charge on any atom is -0.339 e. The lowest BCUT2D eigenvalue weighted by Gasteiger charge is -2.29. The first-order valence-corrected chi connectivity index (χ1v) is 6.41. The molecule has 0 amide bonds. The molecular formula is C12H19N3O. The van der Waals surface area contributed by atoms with Crippen molar-refractivity contribution in [3.8, 4) is 0 Å². The molecule has 0 spiro atoms. The number of hydrogen-bond acceptors (Lipinski definition) is 4. The molecule has 1 heterocycles. The van der Waals surface area contributed by atoms with Crippen LogP contribution in [0.25, 0.3) is 0 Å². The molecule has 0 aromatic carbocycles. The molecule has 0 saturated heterocycles. The first kappa shape index (κ1) is 10.3. The Bertz CT molecular complexity index is 364. The van der Waals surface area contributed by atoms with Gasteiger partial charge in [0.1, 0.15) is 0 Å². The smallest absolute Gasteiger partial charge is 0.229 e. The summed E-state index contributed by atoms with van der Waals surface area (Å²) in [5, 5.41) is 4.10. The Balaban J connectivity index is 1.79. The molecule has 0 aliphatic heterocycles. The first-order chi connectivity index (χ1) is 7.78. The highest BCUT2D eigenvalue weighted by molar-refractivity contribution is 5.07. The summed E-state index contributed by atoms with van der Waals surface area (Å²) < 4.78 is 5.35. The van der Waals surface area contributed by atoms with Crippen molar-refractivity contribution in [3.63, 3.8) is 0 Å². The summed E-state index contributed by atoms with van der Waals surface area (Å²) in [7, 11) is 0. The van der Waals surface area contributed by atoms with Crippen molar-refractivity contribution in [2.75, 3.05) is 0 Å². The first-order valence-electron chi connectivity index (χ1n) is 6.41. The predicted molar refractivity (Wildman–Crippen MR) is 59.8 cm³/mol.